The number of nitrogens with zero attached hydrogens (tertiary/aromatic N) is 1. The lowest BCUT2D eigenvalue weighted by Gasteiger charge is -2.32. The molecule has 5 nitrogen and oxygen atoms in total. The molecule has 156 valence electrons. The summed E-state index contributed by atoms with van der Waals surface area (Å²) in [4.78, 5) is 16.0. The Balaban J connectivity index is 1.67. The van der Waals surface area contributed by atoms with Crippen molar-refractivity contribution in [3.05, 3.63) is 52.4 Å². The van der Waals surface area contributed by atoms with E-state index in [0.29, 0.717) is 23.3 Å². The predicted molar refractivity (Wildman–Crippen MR) is 124 cm³/mol. The third-order valence-corrected chi connectivity index (χ3v) is 6.37. The first kappa shape index (κ1) is 21.7. The number of anilines is 1. The number of thiocarbonyl (C=S) groups is 1. The first-order valence-electron chi connectivity index (χ1n) is 10.2. The molecule has 7 heteroatoms. The average Bonchev–Trinajstić information content (AvgIpc) is 3.11. The second-order valence-corrected chi connectivity index (χ2v) is 8.69. The topological polar surface area (TPSA) is 53.6 Å². The van der Waals surface area contributed by atoms with Crippen LogP contribution in [0.5, 0.6) is 0 Å². The summed E-state index contributed by atoms with van der Waals surface area (Å²) < 4.78 is 5.25. The molecule has 0 unspecified atom stereocenters. The normalized spacial score (nSPS) is 15.1. The molecule has 2 N–H and O–H groups in total. The van der Waals surface area contributed by atoms with Crippen molar-refractivity contribution in [2.24, 2.45) is 0 Å². The number of esters is 1. The van der Waals surface area contributed by atoms with E-state index in [4.69, 9.17) is 17.0 Å². The van der Waals surface area contributed by atoms with E-state index in [1.54, 1.807) is 11.3 Å². The Bertz CT molecular complexity index is 815. The highest BCUT2D eigenvalue weighted by atomic mass is 32.1. The molecule has 0 radical (unpaired) electrons. The minimum absolute atomic E-state index is 0.315. The number of rotatable bonds is 7. The molecule has 0 bridgehead atoms. The van der Waals surface area contributed by atoms with Crippen LogP contribution >= 0.6 is 23.6 Å². The van der Waals surface area contributed by atoms with Gasteiger partial charge < -0.3 is 20.3 Å². The number of thiophene rings is 1. The van der Waals surface area contributed by atoms with Crippen molar-refractivity contribution in [3.8, 4) is 0 Å². The fourth-order valence-corrected chi connectivity index (χ4v) is 4.91. The van der Waals surface area contributed by atoms with E-state index in [2.05, 4.69) is 34.6 Å². The Morgan fingerprint density at radius 2 is 1.97 bits per heavy atom. The van der Waals surface area contributed by atoms with Gasteiger partial charge in [0.05, 0.1) is 12.2 Å². The van der Waals surface area contributed by atoms with Gasteiger partial charge in [0.15, 0.2) is 5.11 Å². The molecule has 1 aromatic carbocycles. The number of nitrogens with one attached hydrogen (secondary N) is 2. The summed E-state index contributed by atoms with van der Waals surface area (Å²) in [6.07, 6.45) is 2.92. The average molecular weight is 432 g/mol. The Morgan fingerprint density at radius 3 is 2.62 bits per heavy atom. The van der Waals surface area contributed by atoms with Crippen LogP contribution in [0.25, 0.3) is 0 Å². The quantitative estimate of drug-likeness (QED) is 0.504. The minimum atomic E-state index is -0.315. The van der Waals surface area contributed by atoms with Crippen LogP contribution in [0.15, 0.2) is 36.4 Å². The standard InChI is InChI=1S/C22H29N3O2S2/c1-3-25-12-10-17(11-13-25)23-22(28)24-20-19(21(26)27-4-2)15-18(29-20)14-16-8-6-5-7-9-16/h5-9,15,17H,3-4,10-14H2,1-2H3,(H2,23,24,28). The fraction of sp³-hybridized carbons (Fsp3) is 0.455. The van der Waals surface area contributed by atoms with Gasteiger partial charge >= 0.3 is 5.97 Å². The molecule has 1 aliphatic heterocycles. The number of benzene rings is 1. The van der Waals surface area contributed by atoms with Crippen LogP contribution in [0.1, 0.15) is 47.5 Å². The van der Waals surface area contributed by atoms with Crippen molar-refractivity contribution in [1.29, 1.82) is 0 Å². The fourth-order valence-electron chi connectivity index (χ4n) is 3.50. The van der Waals surface area contributed by atoms with Gasteiger partial charge in [0, 0.05) is 30.4 Å². The maximum Gasteiger partial charge on any atom is 0.341 e. The van der Waals surface area contributed by atoms with Crippen molar-refractivity contribution in [1.82, 2.24) is 10.2 Å². The lowest BCUT2D eigenvalue weighted by molar-refractivity contribution is 0.0528. The molecule has 0 amide bonds. The number of ether oxygens (including phenoxy) is 1. The number of likely N-dealkylation sites (tertiary alicyclic amines) is 1. The Labute approximate surface area is 182 Å². The van der Waals surface area contributed by atoms with Gasteiger partial charge in [0.25, 0.3) is 0 Å². The first-order chi connectivity index (χ1) is 14.1. The zero-order valence-electron chi connectivity index (χ0n) is 17.1. The monoisotopic (exact) mass is 431 g/mol. The number of piperidine rings is 1. The molecular formula is C22H29N3O2S2. The van der Waals surface area contributed by atoms with Gasteiger partial charge in [-0.1, -0.05) is 37.3 Å². The molecule has 0 saturated carbocycles. The summed E-state index contributed by atoms with van der Waals surface area (Å²) in [5, 5.41) is 7.99. The summed E-state index contributed by atoms with van der Waals surface area (Å²) in [6.45, 7) is 7.63. The van der Waals surface area contributed by atoms with Gasteiger partial charge in [-0.25, -0.2) is 4.79 Å². The van der Waals surface area contributed by atoms with Crippen molar-refractivity contribution in [3.63, 3.8) is 0 Å². The maximum absolute atomic E-state index is 12.4. The summed E-state index contributed by atoms with van der Waals surface area (Å²) in [6, 6.07) is 12.5. The SMILES string of the molecule is CCOC(=O)c1cc(Cc2ccccc2)sc1NC(=S)NC1CCN(CC)CC1. The van der Waals surface area contributed by atoms with E-state index in [1.165, 1.54) is 5.56 Å². The number of hydrogen-bond acceptors (Lipinski definition) is 5. The first-order valence-corrected chi connectivity index (χ1v) is 11.4. The van der Waals surface area contributed by atoms with Crippen molar-refractivity contribution in [2.45, 2.75) is 39.2 Å². The van der Waals surface area contributed by atoms with Gasteiger partial charge in [0.1, 0.15) is 5.00 Å². The van der Waals surface area contributed by atoms with Crippen molar-refractivity contribution >= 4 is 39.6 Å². The Morgan fingerprint density at radius 1 is 1.24 bits per heavy atom. The van der Waals surface area contributed by atoms with E-state index in [-0.39, 0.29) is 5.97 Å². The zero-order valence-corrected chi connectivity index (χ0v) is 18.7. The molecule has 1 aliphatic rings. The molecule has 1 fully saturated rings. The number of carbonyl (C=O) groups is 1. The highest BCUT2D eigenvalue weighted by Crippen LogP contribution is 2.30. The molecule has 2 heterocycles. The van der Waals surface area contributed by atoms with Crippen LogP contribution in [0.2, 0.25) is 0 Å². The van der Waals surface area contributed by atoms with E-state index < -0.39 is 0 Å². The minimum Gasteiger partial charge on any atom is -0.462 e. The zero-order chi connectivity index (χ0) is 20.6. The largest absolute Gasteiger partial charge is 0.462 e. The van der Waals surface area contributed by atoms with Gasteiger partial charge in [-0.05, 0) is 50.2 Å². The van der Waals surface area contributed by atoms with E-state index >= 15 is 0 Å². The summed E-state index contributed by atoms with van der Waals surface area (Å²) in [5.74, 6) is -0.315. The Kier molecular flexibility index (Phi) is 8.03. The molecule has 29 heavy (non-hydrogen) atoms. The second kappa shape index (κ2) is 10.7. The van der Waals surface area contributed by atoms with E-state index in [1.807, 2.05) is 31.2 Å². The van der Waals surface area contributed by atoms with Crippen LogP contribution in [0.4, 0.5) is 5.00 Å². The predicted octanol–water partition coefficient (Wildman–Crippen LogP) is 4.29. The third kappa shape index (κ3) is 6.26. The lowest BCUT2D eigenvalue weighted by Crippen LogP contribution is -2.45. The maximum atomic E-state index is 12.4. The summed E-state index contributed by atoms with van der Waals surface area (Å²) >= 11 is 7.10. The molecular weight excluding hydrogens is 402 g/mol. The van der Waals surface area contributed by atoms with Crippen LogP contribution in [-0.4, -0.2) is 48.3 Å². The van der Waals surface area contributed by atoms with E-state index in [0.717, 1.165) is 48.8 Å². The number of hydrogen-bond donors (Lipinski definition) is 2. The van der Waals surface area contributed by atoms with Crippen LogP contribution < -0.4 is 10.6 Å². The van der Waals surface area contributed by atoms with E-state index in [9.17, 15) is 4.79 Å². The van der Waals surface area contributed by atoms with Gasteiger partial charge in [-0.15, -0.1) is 11.3 Å². The summed E-state index contributed by atoms with van der Waals surface area (Å²) in [5.41, 5.74) is 1.76. The molecule has 0 spiro atoms. The van der Waals surface area contributed by atoms with Crippen LogP contribution in [-0.2, 0) is 11.2 Å². The van der Waals surface area contributed by atoms with Crippen LogP contribution in [0, 0.1) is 0 Å². The molecule has 3 rings (SSSR count). The van der Waals surface area contributed by atoms with Gasteiger partial charge in [0.2, 0.25) is 0 Å². The molecule has 0 atom stereocenters. The van der Waals surface area contributed by atoms with Gasteiger partial charge in [-0.2, -0.15) is 0 Å². The van der Waals surface area contributed by atoms with Crippen LogP contribution in [0.3, 0.4) is 0 Å². The van der Waals surface area contributed by atoms with Gasteiger partial charge in [-0.3, -0.25) is 0 Å². The lowest BCUT2D eigenvalue weighted by atomic mass is 10.1. The smallest absolute Gasteiger partial charge is 0.341 e. The summed E-state index contributed by atoms with van der Waals surface area (Å²) in [7, 11) is 0. The molecule has 1 saturated heterocycles. The van der Waals surface area contributed by atoms with Crippen molar-refractivity contribution < 1.29 is 9.53 Å². The number of carbonyl (C=O) groups excluding carboxylic acids is 1. The highest BCUT2D eigenvalue weighted by molar-refractivity contribution is 7.80. The molecule has 1 aromatic heterocycles. The van der Waals surface area contributed by atoms with Crippen molar-refractivity contribution in [2.75, 3.05) is 31.6 Å². The second-order valence-electron chi connectivity index (χ2n) is 7.15. The molecule has 0 aliphatic carbocycles. The Hall–Kier alpha value is -1.96. The molecule has 2 aromatic rings. The highest BCUT2D eigenvalue weighted by Gasteiger charge is 2.21. The third-order valence-electron chi connectivity index (χ3n) is 5.10.